The molecule has 1 aliphatic carbocycles. The number of hydrogen-bond acceptors (Lipinski definition) is 1. The lowest BCUT2D eigenvalue weighted by Gasteiger charge is -2.24. The summed E-state index contributed by atoms with van der Waals surface area (Å²) in [6, 6.07) is 48.0. The van der Waals surface area contributed by atoms with Crippen molar-refractivity contribution in [3.05, 3.63) is 150 Å². The van der Waals surface area contributed by atoms with Gasteiger partial charge in [-0.2, -0.15) is 0 Å². The van der Waals surface area contributed by atoms with E-state index in [9.17, 15) is 4.79 Å². The van der Waals surface area contributed by atoms with Crippen molar-refractivity contribution in [2.45, 2.75) is 12.3 Å². The van der Waals surface area contributed by atoms with Gasteiger partial charge in [-0.15, -0.1) is 0 Å². The second-order valence-electron chi connectivity index (χ2n) is 11.7. The van der Waals surface area contributed by atoms with E-state index in [2.05, 4.69) is 144 Å². The summed E-state index contributed by atoms with van der Waals surface area (Å²) < 4.78 is 2.38. The molecule has 0 spiro atoms. The molecule has 8 aromatic rings. The molecule has 7 aromatic carbocycles. The first-order chi connectivity index (χ1) is 21.2. The van der Waals surface area contributed by atoms with Crippen LogP contribution < -0.4 is 0 Å². The van der Waals surface area contributed by atoms with Gasteiger partial charge in [0, 0.05) is 27.9 Å². The summed E-state index contributed by atoms with van der Waals surface area (Å²) in [7, 11) is 0. The highest BCUT2D eigenvalue weighted by Crippen LogP contribution is 2.43. The number of hydrogen-bond donors (Lipinski definition) is 0. The van der Waals surface area contributed by atoms with Crippen molar-refractivity contribution in [2.75, 3.05) is 0 Å². The number of fused-ring (bicyclic) bond motifs is 7. The fourth-order valence-electron chi connectivity index (χ4n) is 7.25. The minimum Gasteiger partial charge on any atom is -0.309 e. The summed E-state index contributed by atoms with van der Waals surface area (Å²) >= 11 is 0. The third-order valence-electron chi connectivity index (χ3n) is 9.25. The first kappa shape index (κ1) is 24.2. The van der Waals surface area contributed by atoms with Crippen LogP contribution in [0.2, 0.25) is 0 Å². The molecular formula is C41H27NO. The molecule has 0 bridgehead atoms. The van der Waals surface area contributed by atoms with Crippen LogP contribution in [0, 0.1) is 0 Å². The minimum absolute atomic E-state index is 0.198. The Morgan fingerprint density at radius 1 is 0.581 bits per heavy atom. The van der Waals surface area contributed by atoms with Gasteiger partial charge in [0.1, 0.15) is 6.29 Å². The number of benzene rings is 7. The van der Waals surface area contributed by atoms with Gasteiger partial charge in [0.15, 0.2) is 0 Å². The molecule has 1 aliphatic rings. The molecule has 0 fully saturated rings. The number of rotatable bonds is 3. The normalized spacial score (nSPS) is 14.9. The average molecular weight is 550 g/mol. The maximum atomic E-state index is 12.7. The Morgan fingerprint density at radius 3 is 1.98 bits per heavy atom. The maximum absolute atomic E-state index is 12.7. The van der Waals surface area contributed by atoms with E-state index < -0.39 is 0 Å². The lowest BCUT2D eigenvalue weighted by Crippen LogP contribution is -2.09. The molecule has 0 N–H and O–H groups in total. The highest BCUT2D eigenvalue weighted by Gasteiger charge is 2.25. The van der Waals surface area contributed by atoms with Gasteiger partial charge in [0.2, 0.25) is 0 Å². The first-order valence-electron chi connectivity index (χ1n) is 14.9. The van der Waals surface area contributed by atoms with Gasteiger partial charge in [0.25, 0.3) is 0 Å². The summed E-state index contributed by atoms with van der Waals surface area (Å²) in [6.45, 7) is 0. The highest BCUT2D eigenvalue weighted by atomic mass is 16.1. The van der Waals surface area contributed by atoms with Crippen LogP contribution in [0.15, 0.2) is 133 Å². The molecule has 2 nitrogen and oxygen atoms in total. The molecule has 0 saturated heterocycles. The molecule has 0 aliphatic heterocycles. The molecule has 1 heterocycles. The monoisotopic (exact) mass is 549 g/mol. The number of allylic oxidation sites excluding steroid dienone is 1. The molecule has 1 aromatic heterocycles. The van der Waals surface area contributed by atoms with Crippen LogP contribution in [0.4, 0.5) is 0 Å². The van der Waals surface area contributed by atoms with Gasteiger partial charge in [-0.25, -0.2) is 0 Å². The minimum atomic E-state index is -0.198. The standard InChI is InChI=1S/C41H27NO/c43-25-34-23-32(36-14-8-15-38-37-13-6-7-16-40(37)42(41(36)38)35-11-2-1-3-12-35)22-33-21-30-19-28-17-26-9-4-5-10-27(26)18-29(28)20-31(30)24-39(33)34/h1-22,24-25,34H,23H2. The van der Waals surface area contributed by atoms with Gasteiger partial charge < -0.3 is 9.36 Å². The van der Waals surface area contributed by atoms with E-state index in [-0.39, 0.29) is 5.92 Å². The lowest BCUT2D eigenvalue weighted by molar-refractivity contribution is -0.109. The predicted molar refractivity (Wildman–Crippen MR) is 181 cm³/mol. The van der Waals surface area contributed by atoms with E-state index in [4.69, 9.17) is 0 Å². The molecule has 1 atom stereocenters. The van der Waals surface area contributed by atoms with Crippen LogP contribution in [-0.4, -0.2) is 10.9 Å². The molecule has 1 unspecified atom stereocenters. The van der Waals surface area contributed by atoms with Gasteiger partial charge in [-0.3, -0.25) is 0 Å². The summed E-state index contributed by atoms with van der Waals surface area (Å²) in [5, 5.41) is 9.78. The fourth-order valence-corrected chi connectivity index (χ4v) is 7.25. The number of carbonyl (C=O) groups excluding carboxylic acids is 1. The Balaban J connectivity index is 1.29. The smallest absolute Gasteiger partial charge is 0.127 e. The number of para-hydroxylation sites is 3. The Labute approximate surface area is 249 Å². The van der Waals surface area contributed by atoms with E-state index in [1.807, 2.05) is 0 Å². The largest absolute Gasteiger partial charge is 0.309 e. The van der Waals surface area contributed by atoms with E-state index in [0.717, 1.165) is 23.1 Å². The molecule has 43 heavy (non-hydrogen) atoms. The van der Waals surface area contributed by atoms with Crippen molar-refractivity contribution in [3.63, 3.8) is 0 Å². The first-order valence-corrected chi connectivity index (χ1v) is 14.9. The van der Waals surface area contributed by atoms with E-state index in [1.165, 1.54) is 65.3 Å². The molecule has 9 rings (SSSR count). The van der Waals surface area contributed by atoms with Crippen LogP contribution in [-0.2, 0) is 4.79 Å². The van der Waals surface area contributed by atoms with Gasteiger partial charge in [-0.1, -0.05) is 84.9 Å². The van der Waals surface area contributed by atoms with E-state index in [0.29, 0.717) is 6.42 Å². The molecule has 0 amide bonds. The Bertz CT molecular complexity index is 2450. The quantitative estimate of drug-likeness (QED) is 0.159. The van der Waals surface area contributed by atoms with Crippen LogP contribution in [0.5, 0.6) is 0 Å². The van der Waals surface area contributed by atoms with Crippen LogP contribution in [0.25, 0.3) is 71.5 Å². The summed E-state index contributed by atoms with van der Waals surface area (Å²) in [4.78, 5) is 12.7. The van der Waals surface area contributed by atoms with Crippen LogP contribution in [0.1, 0.15) is 29.0 Å². The number of carbonyl (C=O) groups is 1. The average Bonchev–Trinajstić information content (AvgIpc) is 3.40. The second-order valence-corrected chi connectivity index (χ2v) is 11.7. The zero-order chi connectivity index (χ0) is 28.5. The number of nitrogens with zero attached hydrogens (tertiary/aromatic N) is 1. The van der Waals surface area contributed by atoms with E-state index >= 15 is 0 Å². The van der Waals surface area contributed by atoms with Gasteiger partial charge in [0.05, 0.1) is 11.0 Å². The van der Waals surface area contributed by atoms with Crippen LogP contribution >= 0.6 is 0 Å². The second kappa shape index (κ2) is 9.27. The third-order valence-corrected chi connectivity index (χ3v) is 9.25. The van der Waals surface area contributed by atoms with Crippen LogP contribution in [0.3, 0.4) is 0 Å². The van der Waals surface area contributed by atoms with Crippen molar-refractivity contribution in [1.29, 1.82) is 0 Å². The molecule has 2 heteroatoms. The Hall–Kier alpha value is -5.47. The third kappa shape index (κ3) is 3.70. The molecular weight excluding hydrogens is 522 g/mol. The van der Waals surface area contributed by atoms with Crippen molar-refractivity contribution >= 4 is 72.1 Å². The topological polar surface area (TPSA) is 22.0 Å². The predicted octanol–water partition coefficient (Wildman–Crippen LogP) is 10.5. The lowest BCUT2D eigenvalue weighted by atomic mass is 9.80. The SMILES string of the molecule is O=CC1CC(c2cccc3c4ccccc4n(-c4ccccc4)c23)=Cc2cc3cc4cc5ccccc5cc4cc3cc21. The number of aldehydes is 1. The molecule has 0 radical (unpaired) electrons. The molecule has 0 saturated carbocycles. The summed E-state index contributed by atoms with van der Waals surface area (Å²) in [5.41, 5.74) is 8.13. The zero-order valence-corrected chi connectivity index (χ0v) is 23.5. The van der Waals surface area contributed by atoms with Gasteiger partial charge in [-0.05, 0) is 110 Å². The Kier molecular flexibility index (Phi) is 5.21. The van der Waals surface area contributed by atoms with Gasteiger partial charge >= 0.3 is 0 Å². The summed E-state index contributed by atoms with van der Waals surface area (Å²) in [5.74, 6) is -0.198. The summed E-state index contributed by atoms with van der Waals surface area (Å²) in [6.07, 6.45) is 4.13. The van der Waals surface area contributed by atoms with Crippen molar-refractivity contribution < 1.29 is 4.79 Å². The van der Waals surface area contributed by atoms with Crippen molar-refractivity contribution in [1.82, 2.24) is 4.57 Å². The fraction of sp³-hybridized carbons (Fsp3) is 0.0488. The zero-order valence-electron chi connectivity index (χ0n) is 23.5. The highest BCUT2D eigenvalue weighted by molar-refractivity contribution is 6.14. The Morgan fingerprint density at radius 2 is 1.21 bits per heavy atom. The van der Waals surface area contributed by atoms with Crippen molar-refractivity contribution in [2.24, 2.45) is 0 Å². The van der Waals surface area contributed by atoms with E-state index in [1.54, 1.807) is 0 Å². The maximum Gasteiger partial charge on any atom is 0.127 e. The van der Waals surface area contributed by atoms with Crippen molar-refractivity contribution in [3.8, 4) is 5.69 Å². The molecule has 202 valence electrons. The number of aromatic nitrogens is 1.